The molecule has 92 valence electrons. The molecule has 2 aromatic rings. The van der Waals surface area contributed by atoms with E-state index in [0.717, 1.165) is 6.07 Å². The number of hydrogen-bond acceptors (Lipinski definition) is 3. The average molecular weight is 272 g/mol. The highest BCUT2D eigenvalue weighted by atomic mass is 35.5. The van der Waals surface area contributed by atoms with Crippen LogP contribution in [0.25, 0.3) is 0 Å². The van der Waals surface area contributed by atoms with Crippen molar-refractivity contribution < 1.29 is 4.39 Å². The Kier molecular flexibility index (Phi) is 3.66. The van der Waals surface area contributed by atoms with E-state index in [9.17, 15) is 4.39 Å². The Balaban J connectivity index is 2.43. The summed E-state index contributed by atoms with van der Waals surface area (Å²) >= 11 is 5.80. The predicted octanol–water partition coefficient (Wildman–Crippen LogP) is 3.97. The standard InChI is InChI=1S/C14H7ClFN3/c15-11-1-3-13(9(5-11)7-17)19-14-4-2-12(16)6-10(14)8-18/h1-6,19H. The Labute approximate surface area is 114 Å². The van der Waals surface area contributed by atoms with E-state index in [1.165, 1.54) is 18.2 Å². The van der Waals surface area contributed by atoms with Crippen molar-refractivity contribution in [3.05, 3.63) is 58.4 Å². The van der Waals surface area contributed by atoms with Crippen LogP contribution in [0.2, 0.25) is 5.02 Å². The topological polar surface area (TPSA) is 59.6 Å². The number of benzene rings is 2. The lowest BCUT2D eigenvalue weighted by atomic mass is 10.1. The van der Waals surface area contributed by atoms with Gasteiger partial charge in [0.05, 0.1) is 22.5 Å². The van der Waals surface area contributed by atoms with Gasteiger partial charge in [-0.1, -0.05) is 11.6 Å². The molecule has 0 aliphatic carbocycles. The minimum Gasteiger partial charge on any atom is -0.353 e. The fourth-order valence-corrected chi connectivity index (χ4v) is 1.75. The zero-order chi connectivity index (χ0) is 13.8. The van der Waals surface area contributed by atoms with Gasteiger partial charge >= 0.3 is 0 Å². The summed E-state index contributed by atoms with van der Waals surface area (Å²) < 4.78 is 13.0. The van der Waals surface area contributed by atoms with Crippen LogP contribution in [0.3, 0.4) is 0 Å². The van der Waals surface area contributed by atoms with Gasteiger partial charge < -0.3 is 5.32 Å². The Hall–Kier alpha value is -2.56. The van der Waals surface area contributed by atoms with Gasteiger partial charge in [0.2, 0.25) is 0 Å². The molecule has 3 nitrogen and oxygen atoms in total. The maximum Gasteiger partial charge on any atom is 0.124 e. The largest absolute Gasteiger partial charge is 0.353 e. The van der Waals surface area contributed by atoms with Gasteiger partial charge in [0.25, 0.3) is 0 Å². The van der Waals surface area contributed by atoms with E-state index in [2.05, 4.69) is 5.32 Å². The molecule has 0 aliphatic rings. The molecule has 0 bridgehead atoms. The summed E-state index contributed by atoms with van der Waals surface area (Å²) in [6.45, 7) is 0. The van der Waals surface area contributed by atoms with Gasteiger partial charge in [-0.05, 0) is 36.4 Å². The molecule has 0 aromatic heterocycles. The van der Waals surface area contributed by atoms with Crippen molar-refractivity contribution in [2.45, 2.75) is 0 Å². The number of anilines is 2. The highest BCUT2D eigenvalue weighted by Crippen LogP contribution is 2.26. The second kappa shape index (κ2) is 5.39. The van der Waals surface area contributed by atoms with E-state index in [1.54, 1.807) is 12.1 Å². The molecule has 0 amide bonds. The first-order valence-corrected chi connectivity index (χ1v) is 5.68. The molecule has 0 radical (unpaired) electrons. The predicted molar refractivity (Wildman–Crippen MR) is 70.6 cm³/mol. The lowest BCUT2D eigenvalue weighted by Crippen LogP contribution is -1.96. The second-order valence-electron chi connectivity index (χ2n) is 3.73. The van der Waals surface area contributed by atoms with Gasteiger partial charge in [-0.3, -0.25) is 0 Å². The third kappa shape index (κ3) is 2.82. The maximum absolute atomic E-state index is 13.0. The van der Waals surface area contributed by atoms with E-state index in [0.29, 0.717) is 22.0 Å². The van der Waals surface area contributed by atoms with Gasteiger partial charge in [0.15, 0.2) is 0 Å². The Morgan fingerprint density at radius 3 is 2.16 bits per heavy atom. The first kappa shape index (κ1) is 12.9. The van der Waals surface area contributed by atoms with Crippen molar-refractivity contribution >= 4 is 23.0 Å². The summed E-state index contributed by atoms with van der Waals surface area (Å²) in [6.07, 6.45) is 0. The first-order valence-electron chi connectivity index (χ1n) is 5.30. The van der Waals surface area contributed by atoms with Crippen LogP contribution < -0.4 is 5.32 Å². The summed E-state index contributed by atoms with van der Waals surface area (Å²) in [7, 11) is 0. The highest BCUT2D eigenvalue weighted by Gasteiger charge is 2.07. The van der Waals surface area contributed by atoms with Crippen molar-refractivity contribution in [2.75, 3.05) is 5.32 Å². The van der Waals surface area contributed by atoms with Crippen molar-refractivity contribution in [1.29, 1.82) is 10.5 Å². The molecule has 2 rings (SSSR count). The summed E-state index contributed by atoms with van der Waals surface area (Å²) in [5, 5.41) is 21.3. The molecule has 0 aliphatic heterocycles. The zero-order valence-corrected chi connectivity index (χ0v) is 10.4. The number of nitriles is 2. The van der Waals surface area contributed by atoms with E-state index < -0.39 is 5.82 Å². The summed E-state index contributed by atoms with van der Waals surface area (Å²) in [5.74, 6) is -0.487. The molecule has 0 saturated heterocycles. The van der Waals surface area contributed by atoms with Crippen LogP contribution in [0.5, 0.6) is 0 Å². The van der Waals surface area contributed by atoms with Crippen LogP contribution >= 0.6 is 11.6 Å². The quantitative estimate of drug-likeness (QED) is 0.899. The number of halogens is 2. The van der Waals surface area contributed by atoms with E-state index in [-0.39, 0.29) is 5.56 Å². The molecule has 19 heavy (non-hydrogen) atoms. The number of nitrogens with zero attached hydrogens (tertiary/aromatic N) is 2. The van der Waals surface area contributed by atoms with Gasteiger partial charge in [-0.25, -0.2) is 4.39 Å². The molecule has 0 saturated carbocycles. The third-order valence-corrected chi connectivity index (χ3v) is 2.71. The van der Waals surface area contributed by atoms with Crippen LogP contribution in [0.1, 0.15) is 11.1 Å². The summed E-state index contributed by atoms with van der Waals surface area (Å²) in [4.78, 5) is 0. The van der Waals surface area contributed by atoms with Crippen LogP contribution in [0.15, 0.2) is 36.4 Å². The third-order valence-electron chi connectivity index (χ3n) is 2.47. The number of nitrogens with one attached hydrogen (secondary N) is 1. The van der Waals surface area contributed by atoms with Crippen molar-refractivity contribution in [1.82, 2.24) is 0 Å². The van der Waals surface area contributed by atoms with Crippen LogP contribution in [-0.2, 0) is 0 Å². The molecule has 5 heteroatoms. The smallest absolute Gasteiger partial charge is 0.124 e. The van der Waals surface area contributed by atoms with Crippen molar-refractivity contribution in [3.63, 3.8) is 0 Å². The fraction of sp³-hybridized carbons (Fsp3) is 0. The molecule has 0 spiro atoms. The SMILES string of the molecule is N#Cc1cc(F)ccc1Nc1ccc(Cl)cc1C#N. The average Bonchev–Trinajstić information content (AvgIpc) is 2.42. The van der Waals surface area contributed by atoms with E-state index in [4.69, 9.17) is 22.1 Å². The van der Waals surface area contributed by atoms with Gasteiger partial charge in [-0.2, -0.15) is 10.5 Å². The normalized spacial score (nSPS) is 9.47. The van der Waals surface area contributed by atoms with E-state index >= 15 is 0 Å². The van der Waals surface area contributed by atoms with Gasteiger partial charge in [-0.15, -0.1) is 0 Å². The molecule has 0 atom stereocenters. The zero-order valence-electron chi connectivity index (χ0n) is 9.61. The summed E-state index contributed by atoms with van der Waals surface area (Å²) in [5.41, 5.74) is 1.46. The minimum absolute atomic E-state index is 0.166. The monoisotopic (exact) mass is 271 g/mol. The fourth-order valence-electron chi connectivity index (χ4n) is 1.58. The van der Waals surface area contributed by atoms with Crippen LogP contribution in [0.4, 0.5) is 15.8 Å². The highest BCUT2D eigenvalue weighted by molar-refractivity contribution is 6.30. The molecular formula is C14H7ClFN3. The second-order valence-corrected chi connectivity index (χ2v) is 4.16. The molecule has 0 unspecified atom stereocenters. The molecule has 1 N–H and O–H groups in total. The first-order chi connectivity index (χ1) is 9.13. The Morgan fingerprint density at radius 1 is 0.947 bits per heavy atom. The lowest BCUT2D eigenvalue weighted by Gasteiger charge is -2.10. The molecule has 0 heterocycles. The van der Waals surface area contributed by atoms with E-state index in [1.807, 2.05) is 12.1 Å². The molecule has 0 fully saturated rings. The molecular weight excluding hydrogens is 265 g/mol. The Bertz CT molecular complexity index is 652. The van der Waals surface area contributed by atoms with Crippen molar-refractivity contribution in [3.8, 4) is 12.1 Å². The van der Waals surface area contributed by atoms with Crippen molar-refractivity contribution in [2.24, 2.45) is 0 Å². The number of hydrogen-bond donors (Lipinski definition) is 1. The lowest BCUT2D eigenvalue weighted by molar-refractivity contribution is 0.627. The van der Waals surface area contributed by atoms with Crippen LogP contribution in [-0.4, -0.2) is 0 Å². The summed E-state index contributed by atoms with van der Waals surface area (Å²) in [6, 6.07) is 12.5. The van der Waals surface area contributed by atoms with Gasteiger partial charge in [0, 0.05) is 5.02 Å². The van der Waals surface area contributed by atoms with Crippen LogP contribution in [0, 0.1) is 28.5 Å². The van der Waals surface area contributed by atoms with Gasteiger partial charge in [0.1, 0.15) is 18.0 Å². The maximum atomic E-state index is 13.0. The minimum atomic E-state index is -0.487. The number of rotatable bonds is 2. The molecule has 2 aromatic carbocycles. The Morgan fingerprint density at radius 2 is 1.53 bits per heavy atom.